The quantitative estimate of drug-likeness (QED) is 0.782. The lowest BCUT2D eigenvalue weighted by atomic mass is 10.0. The molecule has 1 N–H and O–H groups in total. The van der Waals surface area contributed by atoms with Gasteiger partial charge < -0.3 is 5.32 Å². The van der Waals surface area contributed by atoms with Crippen molar-refractivity contribution in [3.05, 3.63) is 50.7 Å². The van der Waals surface area contributed by atoms with Crippen LogP contribution >= 0.6 is 31.9 Å². The highest BCUT2D eigenvalue weighted by atomic mass is 79.9. The smallest absolute Gasteiger partial charge is 0.0522 e. The van der Waals surface area contributed by atoms with E-state index in [2.05, 4.69) is 74.5 Å². The largest absolute Gasteiger partial charge is 0.310 e. The zero-order valence-electron chi connectivity index (χ0n) is 11.7. The summed E-state index contributed by atoms with van der Waals surface area (Å²) >= 11 is 7.20. The lowest BCUT2D eigenvalue weighted by Gasteiger charge is -2.19. The maximum Gasteiger partial charge on any atom is 0.0522 e. The van der Waals surface area contributed by atoms with Crippen molar-refractivity contribution in [2.24, 2.45) is 0 Å². The number of hydrogen-bond acceptors (Lipinski definition) is 2. The third kappa shape index (κ3) is 3.93. The summed E-state index contributed by atoms with van der Waals surface area (Å²) in [6.45, 7) is 6.08. The Hall–Kier alpha value is -0.650. The van der Waals surface area contributed by atoms with Crippen molar-refractivity contribution in [3.8, 4) is 0 Å². The number of nitrogens with zero attached hydrogens (tertiary/aromatic N) is 2. The molecule has 0 aliphatic carbocycles. The standard InChI is InChI=1S/C15H19Br2N3/c1-3-18-15(7-11-9-19-20(4-2)10-11)13-8-12(16)5-6-14(13)17/h5-6,8-10,15,18H,3-4,7H2,1-2H3. The molecule has 0 amide bonds. The number of benzene rings is 1. The molecule has 0 spiro atoms. The summed E-state index contributed by atoms with van der Waals surface area (Å²) in [5.41, 5.74) is 2.52. The van der Waals surface area contributed by atoms with E-state index in [0.717, 1.165) is 28.5 Å². The molecule has 1 unspecified atom stereocenters. The molecule has 0 saturated carbocycles. The van der Waals surface area contributed by atoms with E-state index in [0.29, 0.717) is 0 Å². The van der Waals surface area contributed by atoms with E-state index < -0.39 is 0 Å². The van der Waals surface area contributed by atoms with Gasteiger partial charge in [-0.2, -0.15) is 5.10 Å². The average molecular weight is 401 g/mol. The maximum atomic E-state index is 4.35. The lowest BCUT2D eigenvalue weighted by molar-refractivity contribution is 0.547. The van der Waals surface area contributed by atoms with Gasteiger partial charge in [0.15, 0.2) is 0 Å². The van der Waals surface area contributed by atoms with Gasteiger partial charge in [0.05, 0.1) is 6.20 Å². The van der Waals surface area contributed by atoms with Crippen LogP contribution < -0.4 is 5.32 Å². The number of rotatable bonds is 6. The second-order valence-corrected chi connectivity index (χ2v) is 6.45. The summed E-state index contributed by atoms with van der Waals surface area (Å²) in [4.78, 5) is 0. The second-order valence-electron chi connectivity index (χ2n) is 4.68. The van der Waals surface area contributed by atoms with Gasteiger partial charge in [0.2, 0.25) is 0 Å². The van der Waals surface area contributed by atoms with Gasteiger partial charge >= 0.3 is 0 Å². The average Bonchev–Trinajstić information content (AvgIpc) is 2.89. The summed E-state index contributed by atoms with van der Waals surface area (Å²) < 4.78 is 4.20. The van der Waals surface area contributed by atoms with Gasteiger partial charge in [-0.1, -0.05) is 38.8 Å². The van der Waals surface area contributed by atoms with Crippen LogP contribution in [-0.2, 0) is 13.0 Å². The Bertz CT molecular complexity index is 566. The summed E-state index contributed by atoms with van der Waals surface area (Å²) in [5.74, 6) is 0. The van der Waals surface area contributed by atoms with Gasteiger partial charge in [-0.15, -0.1) is 0 Å². The van der Waals surface area contributed by atoms with Crippen LogP contribution in [0.5, 0.6) is 0 Å². The second kappa shape index (κ2) is 7.38. The Balaban J connectivity index is 2.23. The molecule has 1 aromatic carbocycles. The molecule has 2 rings (SSSR count). The third-order valence-corrected chi connectivity index (χ3v) is 4.45. The van der Waals surface area contributed by atoms with Crippen LogP contribution in [0, 0.1) is 0 Å². The molecule has 3 nitrogen and oxygen atoms in total. The Morgan fingerprint density at radius 1 is 1.30 bits per heavy atom. The highest BCUT2D eigenvalue weighted by Gasteiger charge is 2.15. The number of aryl methyl sites for hydroxylation is 1. The molecule has 0 radical (unpaired) electrons. The molecule has 0 saturated heterocycles. The molecule has 0 aliphatic rings. The summed E-state index contributed by atoms with van der Waals surface area (Å²) in [7, 11) is 0. The van der Waals surface area contributed by atoms with E-state index in [1.54, 1.807) is 0 Å². The van der Waals surface area contributed by atoms with Crippen LogP contribution in [0.1, 0.15) is 31.0 Å². The molecule has 2 aromatic rings. The Morgan fingerprint density at radius 3 is 2.75 bits per heavy atom. The first kappa shape index (κ1) is 15.7. The van der Waals surface area contributed by atoms with Crippen molar-refractivity contribution in [1.29, 1.82) is 0 Å². The van der Waals surface area contributed by atoms with E-state index >= 15 is 0 Å². The van der Waals surface area contributed by atoms with E-state index in [1.165, 1.54) is 11.1 Å². The normalized spacial score (nSPS) is 12.6. The van der Waals surface area contributed by atoms with Gasteiger partial charge in [-0.25, -0.2) is 0 Å². The number of halogens is 2. The van der Waals surface area contributed by atoms with Crippen molar-refractivity contribution in [2.45, 2.75) is 32.9 Å². The molecule has 1 heterocycles. The van der Waals surface area contributed by atoms with Crippen molar-refractivity contribution in [3.63, 3.8) is 0 Å². The first-order valence-corrected chi connectivity index (χ1v) is 8.42. The molecule has 0 fully saturated rings. The van der Waals surface area contributed by atoms with Gasteiger partial charge in [-0.05, 0) is 49.2 Å². The minimum atomic E-state index is 0.279. The zero-order chi connectivity index (χ0) is 14.5. The Labute approximate surface area is 137 Å². The number of likely N-dealkylation sites (N-methyl/N-ethyl adjacent to an activating group) is 1. The third-order valence-electron chi connectivity index (χ3n) is 3.23. The van der Waals surface area contributed by atoms with Crippen molar-refractivity contribution < 1.29 is 0 Å². The van der Waals surface area contributed by atoms with Crippen LogP contribution in [0.4, 0.5) is 0 Å². The maximum absolute atomic E-state index is 4.35. The predicted octanol–water partition coefficient (Wildman–Crippen LogP) is 4.32. The van der Waals surface area contributed by atoms with Crippen molar-refractivity contribution in [1.82, 2.24) is 15.1 Å². The first-order chi connectivity index (χ1) is 9.63. The fourth-order valence-electron chi connectivity index (χ4n) is 2.24. The van der Waals surface area contributed by atoms with Crippen LogP contribution in [0.3, 0.4) is 0 Å². The first-order valence-electron chi connectivity index (χ1n) is 6.83. The Morgan fingerprint density at radius 2 is 2.10 bits per heavy atom. The predicted molar refractivity (Wildman–Crippen MR) is 89.9 cm³/mol. The minimum absolute atomic E-state index is 0.279. The van der Waals surface area contributed by atoms with Gasteiger partial charge in [0.25, 0.3) is 0 Å². The highest BCUT2D eigenvalue weighted by Crippen LogP contribution is 2.29. The minimum Gasteiger partial charge on any atom is -0.310 e. The molecule has 0 bridgehead atoms. The number of nitrogens with one attached hydrogen (secondary N) is 1. The van der Waals surface area contributed by atoms with Crippen LogP contribution in [0.2, 0.25) is 0 Å². The number of hydrogen-bond donors (Lipinski definition) is 1. The molecular weight excluding hydrogens is 382 g/mol. The summed E-state index contributed by atoms with van der Waals surface area (Å²) in [6, 6.07) is 6.58. The van der Waals surface area contributed by atoms with Gasteiger partial charge in [0.1, 0.15) is 0 Å². The summed E-state index contributed by atoms with van der Waals surface area (Å²) in [5, 5.41) is 7.90. The van der Waals surface area contributed by atoms with Crippen molar-refractivity contribution >= 4 is 31.9 Å². The fraction of sp³-hybridized carbons (Fsp3) is 0.400. The van der Waals surface area contributed by atoms with E-state index in [-0.39, 0.29) is 6.04 Å². The lowest BCUT2D eigenvalue weighted by Crippen LogP contribution is -2.23. The SMILES string of the molecule is CCNC(Cc1cnn(CC)c1)c1cc(Br)ccc1Br. The molecular formula is C15H19Br2N3. The molecule has 0 aliphatic heterocycles. The molecule has 20 heavy (non-hydrogen) atoms. The molecule has 1 aromatic heterocycles. The van der Waals surface area contributed by atoms with Crippen LogP contribution in [0.15, 0.2) is 39.5 Å². The van der Waals surface area contributed by atoms with Crippen molar-refractivity contribution in [2.75, 3.05) is 6.54 Å². The highest BCUT2D eigenvalue weighted by molar-refractivity contribution is 9.11. The van der Waals surface area contributed by atoms with Crippen LogP contribution in [-0.4, -0.2) is 16.3 Å². The molecule has 1 atom stereocenters. The number of aromatic nitrogens is 2. The Kier molecular flexibility index (Phi) is 5.81. The van der Waals surface area contributed by atoms with E-state index in [4.69, 9.17) is 0 Å². The molecule has 108 valence electrons. The van der Waals surface area contributed by atoms with Gasteiger partial charge in [0, 0.05) is 27.7 Å². The van der Waals surface area contributed by atoms with Crippen LogP contribution in [0.25, 0.3) is 0 Å². The van der Waals surface area contributed by atoms with Gasteiger partial charge in [-0.3, -0.25) is 4.68 Å². The van der Waals surface area contributed by atoms with E-state index in [9.17, 15) is 0 Å². The zero-order valence-corrected chi connectivity index (χ0v) is 14.9. The monoisotopic (exact) mass is 399 g/mol. The summed E-state index contributed by atoms with van der Waals surface area (Å²) in [6.07, 6.45) is 5.01. The van der Waals surface area contributed by atoms with E-state index in [1.807, 2.05) is 16.9 Å². The fourth-order valence-corrected chi connectivity index (χ4v) is 3.14. The molecule has 5 heteroatoms. The topological polar surface area (TPSA) is 29.9 Å².